The monoisotopic (exact) mass is 369 g/mol. The third-order valence-corrected chi connectivity index (χ3v) is 3.77. The number of hydrogen-bond donors (Lipinski definition) is 0. The predicted octanol–water partition coefficient (Wildman–Crippen LogP) is 3.29. The molecule has 0 aliphatic heterocycles. The molecule has 0 saturated carbocycles. The van der Waals surface area contributed by atoms with Crippen LogP contribution < -0.4 is 14.2 Å². The van der Waals surface area contributed by atoms with Crippen molar-refractivity contribution in [2.75, 3.05) is 34.4 Å². The number of benzene rings is 1. The molecule has 0 fully saturated rings. The van der Waals surface area contributed by atoms with E-state index in [1.165, 1.54) is 21.3 Å². The standard InChI is InChI=1S/C16H20BrNO4/c1-6-8-18(9-7-2)16(19)11-10-12(20-3)14(21-4)15(22-5)13(11)17/h6-7,10H,1-2,8-9H2,3-5H3. The summed E-state index contributed by atoms with van der Waals surface area (Å²) in [5.41, 5.74) is 0.415. The Morgan fingerprint density at radius 2 is 1.68 bits per heavy atom. The summed E-state index contributed by atoms with van der Waals surface area (Å²) < 4.78 is 16.4. The molecule has 1 aromatic carbocycles. The first kappa shape index (κ1) is 18.1. The average Bonchev–Trinajstić information content (AvgIpc) is 2.53. The highest BCUT2D eigenvalue weighted by Gasteiger charge is 2.25. The van der Waals surface area contributed by atoms with E-state index in [9.17, 15) is 4.79 Å². The van der Waals surface area contributed by atoms with Crippen molar-refractivity contribution < 1.29 is 19.0 Å². The molecular formula is C16H20BrNO4. The molecular weight excluding hydrogens is 350 g/mol. The van der Waals surface area contributed by atoms with Gasteiger partial charge in [0.1, 0.15) is 0 Å². The fourth-order valence-corrected chi connectivity index (χ4v) is 2.63. The second-order valence-electron chi connectivity index (χ2n) is 4.29. The van der Waals surface area contributed by atoms with Crippen molar-refractivity contribution in [3.8, 4) is 17.2 Å². The first-order valence-corrected chi connectivity index (χ1v) is 7.34. The third-order valence-electron chi connectivity index (χ3n) is 2.99. The van der Waals surface area contributed by atoms with Crippen LogP contribution in [0.2, 0.25) is 0 Å². The van der Waals surface area contributed by atoms with E-state index < -0.39 is 0 Å². The van der Waals surface area contributed by atoms with Crippen LogP contribution in [0.1, 0.15) is 10.4 Å². The quantitative estimate of drug-likeness (QED) is 0.659. The minimum absolute atomic E-state index is 0.189. The summed E-state index contributed by atoms with van der Waals surface area (Å²) in [7, 11) is 4.52. The van der Waals surface area contributed by atoms with Crippen LogP contribution in [-0.2, 0) is 0 Å². The van der Waals surface area contributed by atoms with Crippen molar-refractivity contribution in [3.63, 3.8) is 0 Å². The molecule has 0 N–H and O–H groups in total. The molecule has 0 heterocycles. The summed E-state index contributed by atoms with van der Waals surface area (Å²) in [4.78, 5) is 14.3. The topological polar surface area (TPSA) is 48.0 Å². The Morgan fingerprint density at radius 1 is 1.14 bits per heavy atom. The van der Waals surface area contributed by atoms with Crippen molar-refractivity contribution in [1.82, 2.24) is 4.90 Å². The SMILES string of the molecule is C=CCN(CC=C)C(=O)c1cc(OC)c(OC)c(OC)c1Br. The molecule has 0 aliphatic carbocycles. The second kappa shape index (κ2) is 8.48. The number of ether oxygens (including phenoxy) is 3. The van der Waals surface area contributed by atoms with E-state index in [1.54, 1.807) is 23.1 Å². The van der Waals surface area contributed by atoms with Crippen molar-refractivity contribution in [2.45, 2.75) is 0 Å². The minimum atomic E-state index is -0.189. The lowest BCUT2D eigenvalue weighted by atomic mass is 10.1. The van der Waals surface area contributed by atoms with Gasteiger partial charge in [0, 0.05) is 13.1 Å². The summed E-state index contributed by atoms with van der Waals surface area (Å²) in [5.74, 6) is 1.06. The lowest BCUT2D eigenvalue weighted by molar-refractivity contribution is 0.0789. The molecule has 1 aromatic rings. The molecule has 1 rings (SSSR count). The lowest BCUT2D eigenvalue weighted by Gasteiger charge is -2.22. The molecule has 120 valence electrons. The molecule has 0 atom stereocenters. The summed E-state index contributed by atoms with van der Waals surface area (Å²) in [6.07, 6.45) is 3.32. The Kier molecular flexibility index (Phi) is 6.98. The summed E-state index contributed by atoms with van der Waals surface area (Å²) in [6, 6.07) is 1.62. The van der Waals surface area contributed by atoms with Crippen molar-refractivity contribution >= 4 is 21.8 Å². The number of hydrogen-bond acceptors (Lipinski definition) is 4. The highest BCUT2D eigenvalue weighted by molar-refractivity contribution is 9.10. The molecule has 22 heavy (non-hydrogen) atoms. The maximum atomic E-state index is 12.7. The fourth-order valence-electron chi connectivity index (χ4n) is 2.00. The van der Waals surface area contributed by atoms with Crippen LogP contribution in [0.3, 0.4) is 0 Å². The number of halogens is 1. The summed E-state index contributed by atoms with van der Waals surface area (Å²) in [6.45, 7) is 8.15. The van der Waals surface area contributed by atoms with Gasteiger partial charge in [0.15, 0.2) is 11.5 Å². The lowest BCUT2D eigenvalue weighted by Crippen LogP contribution is -2.31. The molecule has 6 heteroatoms. The van der Waals surface area contributed by atoms with Gasteiger partial charge in [-0.1, -0.05) is 12.2 Å². The van der Waals surface area contributed by atoms with Crippen molar-refractivity contribution in [1.29, 1.82) is 0 Å². The van der Waals surface area contributed by atoms with Gasteiger partial charge in [-0.15, -0.1) is 13.2 Å². The molecule has 1 amide bonds. The van der Waals surface area contributed by atoms with Gasteiger partial charge in [-0.05, 0) is 22.0 Å². The van der Waals surface area contributed by atoms with Gasteiger partial charge in [-0.25, -0.2) is 0 Å². The highest BCUT2D eigenvalue weighted by atomic mass is 79.9. The Bertz CT molecular complexity index is 562. The van der Waals surface area contributed by atoms with E-state index in [0.717, 1.165) is 0 Å². The zero-order valence-corrected chi connectivity index (χ0v) is 14.6. The Balaban J connectivity index is 3.42. The molecule has 0 aliphatic rings. The smallest absolute Gasteiger partial charge is 0.255 e. The average molecular weight is 370 g/mol. The zero-order valence-electron chi connectivity index (χ0n) is 13.0. The number of nitrogens with zero attached hydrogens (tertiary/aromatic N) is 1. The number of rotatable bonds is 8. The largest absolute Gasteiger partial charge is 0.493 e. The van der Waals surface area contributed by atoms with Crippen LogP contribution in [0.5, 0.6) is 17.2 Å². The first-order valence-electron chi connectivity index (χ1n) is 6.55. The van der Waals surface area contributed by atoms with Crippen LogP contribution in [0, 0.1) is 0 Å². The number of amides is 1. The maximum Gasteiger partial charge on any atom is 0.255 e. The van der Waals surface area contributed by atoms with Gasteiger partial charge in [-0.3, -0.25) is 4.79 Å². The summed E-state index contributed by atoms with van der Waals surface area (Å²) >= 11 is 3.41. The molecule has 0 bridgehead atoms. The van der Waals surface area contributed by atoms with Crippen molar-refractivity contribution in [3.05, 3.63) is 41.4 Å². The van der Waals surface area contributed by atoms with Gasteiger partial charge in [-0.2, -0.15) is 0 Å². The second-order valence-corrected chi connectivity index (χ2v) is 5.09. The van der Waals surface area contributed by atoms with E-state index in [2.05, 4.69) is 29.1 Å². The van der Waals surface area contributed by atoms with Gasteiger partial charge >= 0.3 is 0 Å². The molecule has 0 saturated heterocycles. The van der Waals surface area contributed by atoms with E-state index in [0.29, 0.717) is 40.4 Å². The van der Waals surface area contributed by atoms with Crippen LogP contribution >= 0.6 is 15.9 Å². The van der Waals surface area contributed by atoms with Crippen LogP contribution in [-0.4, -0.2) is 45.2 Å². The minimum Gasteiger partial charge on any atom is -0.493 e. The van der Waals surface area contributed by atoms with Gasteiger partial charge in [0.2, 0.25) is 5.75 Å². The van der Waals surface area contributed by atoms with Gasteiger partial charge < -0.3 is 19.1 Å². The number of methoxy groups -OCH3 is 3. The number of carbonyl (C=O) groups excluding carboxylic acids is 1. The normalized spacial score (nSPS) is 9.82. The van der Waals surface area contributed by atoms with E-state index in [-0.39, 0.29) is 5.91 Å². The molecule has 0 unspecified atom stereocenters. The van der Waals surface area contributed by atoms with Gasteiger partial charge in [0.05, 0.1) is 31.4 Å². The van der Waals surface area contributed by atoms with Gasteiger partial charge in [0.25, 0.3) is 5.91 Å². The Morgan fingerprint density at radius 3 is 2.09 bits per heavy atom. The van der Waals surface area contributed by atoms with Crippen LogP contribution in [0.25, 0.3) is 0 Å². The molecule has 5 nitrogen and oxygen atoms in total. The third kappa shape index (κ3) is 3.62. The maximum absolute atomic E-state index is 12.7. The Labute approximate surface area is 139 Å². The predicted molar refractivity (Wildman–Crippen MR) is 90.1 cm³/mol. The molecule has 0 spiro atoms. The van der Waals surface area contributed by atoms with Crippen molar-refractivity contribution in [2.24, 2.45) is 0 Å². The van der Waals surface area contributed by atoms with E-state index in [1.807, 2.05) is 0 Å². The zero-order chi connectivity index (χ0) is 16.7. The highest BCUT2D eigenvalue weighted by Crippen LogP contribution is 2.45. The van der Waals surface area contributed by atoms with E-state index in [4.69, 9.17) is 14.2 Å². The molecule has 0 radical (unpaired) electrons. The van der Waals surface area contributed by atoms with E-state index >= 15 is 0 Å². The van der Waals surface area contributed by atoms with Crippen LogP contribution in [0.15, 0.2) is 35.8 Å². The first-order chi connectivity index (χ1) is 10.5. The van der Waals surface area contributed by atoms with Crippen LogP contribution in [0.4, 0.5) is 0 Å². The number of carbonyl (C=O) groups is 1. The summed E-state index contributed by atoms with van der Waals surface area (Å²) in [5, 5.41) is 0. The fraction of sp³-hybridized carbons (Fsp3) is 0.312. The Hall–Kier alpha value is -1.95. The molecule has 0 aromatic heterocycles.